The quantitative estimate of drug-likeness (QED) is 0.440. The number of ketones is 2. The summed E-state index contributed by atoms with van der Waals surface area (Å²) in [7, 11) is 4.14. The standard InChI is InChI=1S/C28H42N6O3/c1-30-19-10-15-34(16-11-19)23-17-24(37-18-20-7-6-14-33(20)2)32-27(31-23)25(29)21-8-5-13-28(26(21)36)12-4-3-9-22(28)35/h17,19-20,30H,3-16,18,29H2,1-2H3/b25-21-/t20-,28+/m0/s1. The van der Waals surface area contributed by atoms with Gasteiger partial charge in [-0.05, 0) is 78.4 Å². The van der Waals surface area contributed by atoms with Crippen molar-refractivity contribution in [2.24, 2.45) is 11.1 Å². The highest BCUT2D eigenvalue weighted by Crippen LogP contribution is 2.45. The van der Waals surface area contributed by atoms with E-state index in [1.165, 1.54) is 6.42 Å². The van der Waals surface area contributed by atoms with Crippen LogP contribution in [0.3, 0.4) is 0 Å². The minimum Gasteiger partial charge on any atom is -0.476 e. The van der Waals surface area contributed by atoms with E-state index in [2.05, 4.69) is 22.2 Å². The molecule has 2 saturated carbocycles. The van der Waals surface area contributed by atoms with Gasteiger partial charge >= 0.3 is 0 Å². The summed E-state index contributed by atoms with van der Waals surface area (Å²) in [6.45, 7) is 3.39. The van der Waals surface area contributed by atoms with Gasteiger partial charge in [-0.15, -0.1) is 0 Å². The first-order valence-electron chi connectivity index (χ1n) is 14.1. The number of piperidine rings is 1. The van der Waals surface area contributed by atoms with Gasteiger partial charge in [-0.2, -0.15) is 4.98 Å². The lowest BCUT2D eigenvalue weighted by molar-refractivity contribution is -0.143. The number of aromatic nitrogens is 2. The smallest absolute Gasteiger partial charge is 0.219 e. The molecule has 1 aromatic rings. The highest BCUT2D eigenvalue weighted by atomic mass is 16.5. The number of nitrogens with one attached hydrogen (secondary N) is 1. The lowest BCUT2D eigenvalue weighted by Crippen LogP contribution is -2.45. The summed E-state index contributed by atoms with van der Waals surface area (Å²) in [5.41, 5.74) is 6.61. The summed E-state index contributed by atoms with van der Waals surface area (Å²) in [5, 5.41) is 3.37. The number of likely N-dealkylation sites (tertiary alicyclic amines) is 1. The molecule has 5 rings (SSSR count). The minimum absolute atomic E-state index is 0.0838. The van der Waals surface area contributed by atoms with E-state index in [1.54, 1.807) is 0 Å². The fraction of sp³-hybridized carbons (Fsp3) is 0.714. The Morgan fingerprint density at radius 1 is 1.08 bits per heavy atom. The van der Waals surface area contributed by atoms with Crippen LogP contribution in [0.5, 0.6) is 5.88 Å². The van der Waals surface area contributed by atoms with Crippen LogP contribution in [0.4, 0.5) is 5.82 Å². The number of Topliss-reactive ketones (excluding diaryl/α,β-unsaturated/α-hetero) is 2. The Bertz CT molecular complexity index is 1050. The van der Waals surface area contributed by atoms with Gasteiger partial charge in [-0.3, -0.25) is 9.59 Å². The molecule has 2 aliphatic heterocycles. The molecular formula is C28H42N6O3. The van der Waals surface area contributed by atoms with Crippen LogP contribution in [0.25, 0.3) is 5.70 Å². The number of ether oxygens (including phenoxy) is 1. The maximum absolute atomic E-state index is 13.7. The van der Waals surface area contributed by atoms with Crippen LogP contribution >= 0.6 is 0 Å². The van der Waals surface area contributed by atoms with Crippen LogP contribution in [-0.2, 0) is 9.59 Å². The first kappa shape index (κ1) is 26.1. The van der Waals surface area contributed by atoms with E-state index in [1.807, 2.05) is 13.1 Å². The number of carbonyl (C=O) groups excluding carboxylic acids is 2. The third-order valence-electron chi connectivity index (χ3n) is 9.11. The van der Waals surface area contributed by atoms with Crippen molar-refractivity contribution < 1.29 is 14.3 Å². The third-order valence-corrected chi connectivity index (χ3v) is 9.11. The van der Waals surface area contributed by atoms with E-state index in [9.17, 15) is 9.59 Å². The highest BCUT2D eigenvalue weighted by molar-refractivity contribution is 6.17. The molecule has 9 heteroatoms. The molecule has 1 spiro atoms. The van der Waals surface area contributed by atoms with Crippen LogP contribution < -0.4 is 20.7 Å². The van der Waals surface area contributed by atoms with E-state index in [0.29, 0.717) is 67.3 Å². The van der Waals surface area contributed by atoms with Gasteiger partial charge < -0.3 is 25.6 Å². The lowest BCUT2D eigenvalue weighted by Gasteiger charge is -2.38. The Morgan fingerprint density at radius 3 is 2.57 bits per heavy atom. The number of hydrogen-bond donors (Lipinski definition) is 2. The number of allylic oxidation sites excluding steroid dienone is 1. The van der Waals surface area contributed by atoms with Gasteiger partial charge in [0, 0.05) is 43.2 Å². The van der Waals surface area contributed by atoms with Gasteiger partial charge in [0.1, 0.15) is 18.2 Å². The normalized spacial score (nSPS) is 29.2. The maximum atomic E-state index is 13.7. The Hall–Kier alpha value is -2.52. The number of nitrogens with zero attached hydrogens (tertiary/aromatic N) is 4. The van der Waals surface area contributed by atoms with Crippen molar-refractivity contribution in [2.45, 2.75) is 82.7 Å². The number of carbonyl (C=O) groups is 2. The van der Waals surface area contributed by atoms with Crippen LogP contribution in [0.15, 0.2) is 11.6 Å². The number of likely N-dealkylation sites (N-methyl/N-ethyl adjacent to an activating group) is 1. The van der Waals surface area contributed by atoms with Crippen molar-refractivity contribution in [3.63, 3.8) is 0 Å². The summed E-state index contributed by atoms with van der Waals surface area (Å²) in [6.07, 6.45) is 9.20. The van der Waals surface area contributed by atoms with Gasteiger partial charge in [-0.25, -0.2) is 4.98 Å². The fourth-order valence-corrected chi connectivity index (χ4v) is 6.61. The van der Waals surface area contributed by atoms with Crippen LogP contribution in [0.2, 0.25) is 0 Å². The van der Waals surface area contributed by atoms with Gasteiger partial charge in [-0.1, -0.05) is 6.42 Å². The Balaban J connectivity index is 1.46. The molecule has 202 valence electrons. The van der Waals surface area contributed by atoms with Crippen molar-refractivity contribution in [3.8, 4) is 5.88 Å². The zero-order valence-electron chi connectivity index (χ0n) is 22.4. The first-order chi connectivity index (χ1) is 17.9. The number of anilines is 1. The topological polar surface area (TPSA) is 114 Å². The molecule has 0 bridgehead atoms. The first-order valence-corrected chi connectivity index (χ1v) is 14.1. The van der Waals surface area contributed by atoms with E-state index in [-0.39, 0.29) is 11.6 Å². The SMILES string of the molecule is CNC1CCN(c2cc(OC[C@@H]3CCCN3C)nc(/C(N)=C3\CCC[C@@]4(CCCCC4=O)C3=O)n2)CC1. The van der Waals surface area contributed by atoms with Crippen molar-refractivity contribution >= 4 is 23.1 Å². The number of nitrogens with two attached hydrogens (primary N) is 1. The Kier molecular flexibility index (Phi) is 7.81. The van der Waals surface area contributed by atoms with E-state index in [4.69, 9.17) is 20.4 Å². The molecule has 2 saturated heterocycles. The highest BCUT2D eigenvalue weighted by Gasteiger charge is 2.49. The molecule has 37 heavy (non-hydrogen) atoms. The molecule has 1 aromatic heterocycles. The maximum Gasteiger partial charge on any atom is 0.219 e. The summed E-state index contributed by atoms with van der Waals surface area (Å²) >= 11 is 0. The van der Waals surface area contributed by atoms with E-state index >= 15 is 0 Å². The largest absolute Gasteiger partial charge is 0.476 e. The average Bonchev–Trinajstić information content (AvgIpc) is 3.34. The van der Waals surface area contributed by atoms with Gasteiger partial charge in [0.2, 0.25) is 5.88 Å². The average molecular weight is 511 g/mol. The van der Waals surface area contributed by atoms with Crippen molar-refractivity contribution in [1.82, 2.24) is 20.2 Å². The second kappa shape index (κ2) is 11.1. The van der Waals surface area contributed by atoms with Crippen LogP contribution in [-0.4, -0.2) is 78.9 Å². The van der Waals surface area contributed by atoms with Crippen molar-refractivity contribution in [1.29, 1.82) is 0 Å². The Morgan fingerprint density at radius 2 is 1.86 bits per heavy atom. The molecule has 0 radical (unpaired) electrons. The summed E-state index contributed by atoms with van der Waals surface area (Å²) in [5.74, 6) is 1.60. The van der Waals surface area contributed by atoms with Crippen LogP contribution in [0.1, 0.15) is 76.5 Å². The van der Waals surface area contributed by atoms with Crippen molar-refractivity contribution in [3.05, 3.63) is 17.5 Å². The van der Waals surface area contributed by atoms with Crippen LogP contribution in [0, 0.1) is 5.41 Å². The van der Waals surface area contributed by atoms with E-state index in [0.717, 1.165) is 64.0 Å². The van der Waals surface area contributed by atoms with Gasteiger partial charge in [0.05, 0.1) is 11.1 Å². The Labute approximate surface area is 220 Å². The summed E-state index contributed by atoms with van der Waals surface area (Å²) in [4.78, 5) is 40.8. The summed E-state index contributed by atoms with van der Waals surface area (Å²) in [6, 6.07) is 2.77. The molecular weight excluding hydrogens is 468 g/mol. The zero-order chi connectivity index (χ0) is 26.0. The molecule has 9 nitrogen and oxygen atoms in total. The molecule has 0 aromatic carbocycles. The van der Waals surface area contributed by atoms with E-state index < -0.39 is 5.41 Å². The molecule has 4 fully saturated rings. The monoisotopic (exact) mass is 510 g/mol. The number of rotatable bonds is 6. The molecule has 0 amide bonds. The molecule has 3 N–H and O–H groups in total. The summed E-state index contributed by atoms with van der Waals surface area (Å²) < 4.78 is 6.22. The minimum atomic E-state index is -0.893. The molecule has 3 heterocycles. The second-order valence-electron chi connectivity index (χ2n) is 11.3. The molecule has 2 aliphatic carbocycles. The molecule has 0 unspecified atom stereocenters. The third kappa shape index (κ3) is 5.25. The lowest BCUT2D eigenvalue weighted by atomic mass is 9.62. The predicted molar refractivity (Wildman–Crippen MR) is 143 cm³/mol. The second-order valence-corrected chi connectivity index (χ2v) is 11.3. The van der Waals surface area contributed by atoms with Crippen molar-refractivity contribution in [2.75, 3.05) is 45.2 Å². The fourth-order valence-electron chi connectivity index (χ4n) is 6.61. The van der Waals surface area contributed by atoms with Gasteiger partial charge in [0.25, 0.3) is 0 Å². The predicted octanol–water partition coefficient (Wildman–Crippen LogP) is 2.69. The van der Waals surface area contributed by atoms with Gasteiger partial charge in [0.15, 0.2) is 11.6 Å². The zero-order valence-corrected chi connectivity index (χ0v) is 22.4. The molecule has 4 aliphatic rings. The molecule has 2 atom stereocenters. The number of hydrogen-bond acceptors (Lipinski definition) is 9.